The van der Waals surface area contributed by atoms with Crippen LogP contribution in [0.2, 0.25) is 0 Å². The van der Waals surface area contributed by atoms with Crippen LogP contribution in [0.25, 0.3) is 0 Å². The van der Waals surface area contributed by atoms with Crippen molar-refractivity contribution < 1.29 is 46.8 Å². The number of nitrogens with zero attached hydrogens (tertiary/aromatic N) is 2. The number of rotatable bonds is 8. The van der Waals surface area contributed by atoms with Gasteiger partial charge in [0.1, 0.15) is 11.5 Å². The first-order valence-corrected chi connectivity index (χ1v) is 14.1. The van der Waals surface area contributed by atoms with Gasteiger partial charge >= 0.3 is 16.8 Å². The Morgan fingerprint density at radius 3 is 1.32 bits per heavy atom. The van der Waals surface area contributed by atoms with E-state index in [0.717, 1.165) is 87.5 Å². The smallest absolute Gasteiger partial charge is 0.550 e. The van der Waals surface area contributed by atoms with Crippen LogP contribution < -0.4 is 10.2 Å². The van der Waals surface area contributed by atoms with E-state index >= 15 is 0 Å². The Balaban J connectivity index is 0.00000158. The molecular formula is C32H44CoN2O6. The molecule has 0 saturated heterocycles. The number of hydrogen-bond donors (Lipinski definition) is 2. The number of phenolic OH excluding ortho intramolecular Hbond substituents is 2. The number of aromatic hydroxyl groups is 2. The van der Waals surface area contributed by atoms with E-state index in [1.54, 1.807) is 0 Å². The summed E-state index contributed by atoms with van der Waals surface area (Å²) in [5, 5.41) is 39.1. The molecule has 0 aromatic heterocycles. The quantitative estimate of drug-likeness (QED) is 0.436. The van der Waals surface area contributed by atoms with Gasteiger partial charge in [0.2, 0.25) is 0 Å². The Morgan fingerprint density at radius 2 is 1.05 bits per heavy atom. The van der Waals surface area contributed by atoms with E-state index in [-0.39, 0.29) is 28.9 Å². The molecule has 1 aliphatic carbocycles. The second-order valence-electron chi connectivity index (χ2n) is 9.76. The average molecular weight is 612 g/mol. The van der Waals surface area contributed by atoms with Crippen molar-refractivity contribution in [3.8, 4) is 11.5 Å². The Hall–Kier alpha value is -3.17. The molecule has 2 aromatic rings. The van der Waals surface area contributed by atoms with Crippen LogP contribution in [-0.4, -0.2) is 46.7 Å². The van der Waals surface area contributed by atoms with Crippen LogP contribution in [0.5, 0.6) is 11.5 Å². The number of aliphatic carboxylic acids is 2. The van der Waals surface area contributed by atoms with Crippen LogP contribution >= 0.6 is 0 Å². The molecule has 0 spiro atoms. The number of benzene rings is 2. The van der Waals surface area contributed by atoms with Gasteiger partial charge in [-0.25, -0.2) is 0 Å². The summed E-state index contributed by atoms with van der Waals surface area (Å²) in [6.45, 7) is 10.3. The number of carboxylic acid groups (broad SMARTS) is 2. The van der Waals surface area contributed by atoms with E-state index in [9.17, 15) is 10.2 Å². The Bertz CT molecular complexity index is 1080. The molecule has 2 N–H and O–H groups in total. The maximum absolute atomic E-state index is 10.6. The second-order valence-corrected chi connectivity index (χ2v) is 9.76. The minimum absolute atomic E-state index is 0. The number of hydrogen-bond acceptors (Lipinski definition) is 8. The predicted molar refractivity (Wildman–Crippen MR) is 156 cm³/mol. The zero-order valence-corrected chi connectivity index (χ0v) is 26.1. The topological polar surface area (TPSA) is 145 Å². The van der Waals surface area contributed by atoms with Gasteiger partial charge in [0.25, 0.3) is 0 Å². The van der Waals surface area contributed by atoms with Crippen LogP contribution in [0.4, 0.5) is 0 Å². The van der Waals surface area contributed by atoms with Gasteiger partial charge < -0.3 is 30.0 Å². The molecule has 0 heterocycles. The van der Waals surface area contributed by atoms with Crippen LogP contribution in [-0.2, 0) is 52.1 Å². The first-order chi connectivity index (χ1) is 19.0. The van der Waals surface area contributed by atoms with Crippen molar-refractivity contribution in [2.45, 2.75) is 105 Å². The zero-order valence-electron chi connectivity index (χ0n) is 25.0. The summed E-state index contributed by atoms with van der Waals surface area (Å²) in [5.74, 6) is -1.48. The molecule has 1 saturated carbocycles. The van der Waals surface area contributed by atoms with Gasteiger partial charge in [-0.3, -0.25) is 9.98 Å². The third-order valence-corrected chi connectivity index (χ3v) is 6.64. The summed E-state index contributed by atoms with van der Waals surface area (Å²) in [6.07, 6.45) is 11.4. The van der Waals surface area contributed by atoms with Crippen molar-refractivity contribution in [3.05, 3.63) is 57.6 Å². The van der Waals surface area contributed by atoms with E-state index in [1.807, 2.05) is 24.6 Å². The third kappa shape index (κ3) is 13.4. The first-order valence-electron chi connectivity index (χ1n) is 14.1. The average Bonchev–Trinajstić information content (AvgIpc) is 2.91. The molecule has 2 aromatic carbocycles. The minimum atomic E-state index is -1.08. The number of aliphatic imine (C=N–C) groups is 2. The number of phenols is 2. The summed E-state index contributed by atoms with van der Waals surface area (Å²) in [6, 6.07) is 8.44. The van der Waals surface area contributed by atoms with Crippen molar-refractivity contribution in [1.29, 1.82) is 0 Å². The van der Waals surface area contributed by atoms with Crippen LogP contribution in [0.15, 0.2) is 34.3 Å². The molecule has 9 heteroatoms. The van der Waals surface area contributed by atoms with Gasteiger partial charge in [0.15, 0.2) is 0 Å². The van der Waals surface area contributed by atoms with E-state index in [0.29, 0.717) is 11.5 Å². The predicted octanol–water partition coefficient (Wildman–Crippen LogP) is 3.71. The van der Waals surface area contributed by atoms with E-state index in [4.69, 9.17) is 29.8 Å². The molecule has 1 fully saturated rings. The van der Waals surface area contributed by atoms with Crippen molar-refractivity contribution in [3.63, 3.8) is 0 Å². The monoisotopic (exact) mass is 611 g/mol. The molecule has 2 unspecified atom stereocenters. The maximum atomic E-state index is 10.6. The number of carbonyl (C=O) groups excluding carboxylic acids is 2. The Kier molecular flexibility index (Phi) is 18.3. The molecule has 0 amide bonds. The molecule has 0 bridgehead atoms. The third-order valence-electron chi connectivity index (χ3n) is 6.64. The summed E-state index contributed by atoms with van der Waals surface area (Å²) in [7, 11) is 0. The van der Waals surface area contributed by atoms with Crippen LogP contribution in [0.1, 0.15) is 101 Å². The summed E-state index contributed by atoms with van der Waals surface area (Å²) in [4.78, 5) is 27.6. The molecule has 2 atom stereocenters. The number of carboxylic acids is 2. The summed E-state index contributed by atoms with van der Waals surface area (Å²) >= 11 is 0. The fraction of sp³-hybridized carbons (Fsp3) is 0.500. The molecule has 8 nitrogen and oxygen atoms in total. The van der Waals surface area contributed by atoms with E-state index in [2.05, 4.69) is 39.8 Å². The first kappa shape index (κ1) is 37.8. The molecule has 1 radical (unpaired) electrons. The van der Waals surface area contributed by atoms with Gasteiger partial charge in [-0.1, -0.05) is 52.7 Å². The van der Waals surface area contributed by atoms with Gasteiger partial charge in [-0.2, -0.15) is 0 Å². The second kappa shape index (κ2) is 19.8. The number of aryl methyl sites for hydroxylation is 4. The molecular weight excluding hydrogens is 567 g/mol. The van der Waals surface area contributed by atoms with Gasteiger partial charge in [-0.15, -0.1) is 0 Å². The molecule has 3 rings (SSSR count). The normalized spacial score (nSPS) is 16.2. The van der Waals surface area contributed by atoms with E-state index in [1.165, 1.54) is 11.1 Å². The van der Waals surface area contributed by atoms with Gasteiger partial charge in [0, 0.05) is 35.5 Å². The molecule has 1 aliphatic rings. The largest absolute Gasteiger partial charge is 2.00 e. The van der Waals surface area contributed by atoms with Crippen LogP contribution in [0.3, 0.4) is 0 Å². The van der Waals surface area contributed by atoms with Crippen molar-refractivity contribution >= 4 is 24.4 Å². The summed E-state index contributed by atoms with van der Waals surface area (Å²) < 4.78 is 0. The van der Waals surface area contributed by atoms with Crippen molar-refractivity contribution in [1.82, 2.24) is 0 Å². The molecule has 227 valence electrons. The van der Waals surface area contributed by atoms with Crippen LogP contribution in [0, 0.1) is 0 Å². The minimum Gasteiger partial charge on any atom is -0.550 e. The summed E-state index contributed by atoms with van der Waals surface area (Å²) in [5.41, 5.74) is 5.99. The zero-order chi connectivity index (χ0) is 30.2. The molecule has 41 heavy (non-hydrogen) atoms. The fourth-order valence-electron chi connectivity index (χ4n) is 4.51. The van der Waals surface area contributed by atoms with E-state index < -0.39 is 11.9 Å². The van der Waals surface area contributed by atoms with Gasteiger partial charge in [0.05, 0.1) is 12.1 Å². The SMILES string of the molecule is CC(=O)[O-].CC(=O)[O-].CCc1cc(C=NC2CCCCC2N=Cc2cc(CC)cc(CC)c2O)c(O)c(CC)c1.[Co+2]. The molecule has 0 aliphatic heterocycles. The Labute approximate surface area is 254 Å². The van der Waals surface area contributed by atoms with Crippen molar-refractivity contribution in [2.75, 3.05) is 0 Å². The fourth-order valence-corrected chi connectivity index (χ4v) is 4.51. The standard InChI is InChI=1S/C28H38N2O2.2C2H4O2.Co/c1-5-19-13-21(7-3)27(31)23(15-19)17-29-25-11-9-10-12-26(25)30-18-24-16-20(6-2)14-22(8-4)28(24)32;2*1-2(3)4;/h13-18,25-26,31-32H,5-12H2,1-4H3;2*1H3,(H,3,4);/q;;;+2/p-2. The van der Waals surface area contributed by atoms with Crippen molar-refractivity contribution in [2.24, 2.45) is 9.98 Å². The maximum Gasteiger partial charge on any atom is 2.00 e. The van der Waals surface area contributed by atoms with Gasteiger partial charge in [-0.05, 0) is 86.8 Å². The Morgan fingerprint density at radius 1 is 0.732 bits per heavy atom. The number of carbonyl (C=O) groups is 2.